The molecule has 4 nitrogen and oxygen atoms in total. The number of halogens is 1. The summed E-state index contributed by atoms with van der Waals surface area (Å²) in [5, 5.41) is 4.90. The van der Waals surface area contributed by atoms with Crippen LogP contribution < -0.4 is 5.73 Å². The van der Waals surface area contributed by atoms with Crippen molar-refractivity contribution in [2.24, 2.45) is 11.7 Å². The Kier molecular flexibility index (Phi) is 5.15. The van der Waals surface area contributed by atoms with E-state index in [4.69, 9.17) is 17.3 Å². The molecule has 0 aliphatic carbocycles. The van der Waals surface area contributed by atoms with E-state index < -0.39 is 0 Å². The number of aromatic nitrogens is 2. The number of carbonyl (C=O) groups excluding carboxylic acids is 1. The molecule has 0 aliphatic heterocycles. The molecule has 1 rings (SSSR count). The zero-order chi connectivity index (χ0) is 13.0. The smallest absolute Gasteiger partial charge is 0.143 e. The van der Waals surface area contributed by atoms with Crippen LogP contribution in [0.4, 0.5) is 0 Å². The van der Waals surface area contributed by atoms with Crippen molar-refractivity contribution < 1.29 is 4.79 Å². The second-order valence-corrected chi connectivity index (χ2v) is 4.52. The second-order valence-electron chi connectivity index (χ2n) is 4.15. The zero-order valence-electron chi connectivity index (χ0n) is 10.7. The van der Waals surface area contributed by atoms with E-state index in [1.807, 2.05) is 20.8 Å². The van der Waals surface area contributed by atoms with E-state index in [0.717, 1.165) is 24.4 Å². The summed E-state index contributed by atoms with van der Waals surface area (Å²) in [5.41, 5.74) is 7.16. The highest BCUT2D eigenvalue weighted by atomic mass is 35.5. The molecular formula is C12H20ClN3O. The van der Waals surface area contributed by atoms with Crippen molar-refractivity contribution in [3.63, 3.8) is 0 Å². The number of hydrogen-bond acceptors (Lipinski definition) is 3. The van der Waals surface area contributed by atoms with Gasteiger partial charge in [0.25, 0.3) is 0 Å². The maximum Gasteiger partial charge on any atom is 0.143 e. The molecular weight excluding hydrogens is 238 g/mol. The highest BCUT2D eigenvalue weighted by Gasteiger charge is 2.20. The lowest BCUT2D eigenvalue weighted by Crippen LogP contribution is -2.25. The van der Waals surface area contributed by atoms with Gasteiger partial charge in [0.2, 0.25) is 0 Å². The van der Waals surface area contributed by atoms with Crippen molar-refractivity contribution in [2.45, 2.75) is 40.2 Å². The van der Waals surface area contributed by atoms with E-state index in [0.29, 0.717) is 18.0 Å². The van der Waals surface area contributed by atoms with Gasteiger partial charge in [-0.15, -0.1) is 0 Å². The van der Waals surface area contributed by atoms with Gasteiger partial charge in [0.1, 0.15) is 5.78 Å². The van der Waals surface area contributed by atoms with Gasteiger partial charge in [-0.25, -0.2) is 0 Å². The van der Waals surface area contributed by atoms with E-state index >= 15 is 0 Å². The van der Waals surface area contributed by atoms with Crippen LogP contribution in [0.3, 0.4) is 0 Å². The van der Waals surface area contributed by atoms with Gasteiger partial charge in [-0.05, 0) is 20.3 Å². The molecule has 0 saturated heterocycles. The zero-order valence-corrected chi connectivity index (χ0v) is 11.4. The summed E-state index contributed by atoms with van der Waals surface area (Å²) in [7, 11) is 0. The van der Waals surface area contributed by atoms with Gasteiger partial charge >= 0.3 is 0 Å². The first-order chi connectivity index (χ1) is 8.04. The van der Waals surface area contributed by atoms with Crippen LogP contribution in [0.1, 0.15) is 31.7 Å². The SMILES string of the molecule is CCC(CN)C(=O)Cc1c(Cl)c(C)nn1CC. The Labute approximate surface area is 107 Å². The number of rotatable bonds is 6. The number of aryl methyl sites for hydroxylation is 2. The topological polar surface area (TPSA) is 60.9 Å². The van der Waals surface area contributed by atoms with Gasteiger partial charge in [-0.1, -0.05) is 18.5 Å². The molecule has 1 aromatic heterocycles. The molecule has 0 spiro atoms. The minimum absolute atomic E-state index is 0.0772. The van der Waals surface area contributed by atoms with E-state index in [1.165, 1.54) is 0 Å². The van der Waals surface area contributed by atoms with Gasteiger partial charge in [0.05, 0.1) is 22.8 Å². The molecule has 1 atom stereocenters. The van der Waals surface area contributed by atoms with Crippen molar-refractivity contribution in [3.8, 4) is 0 Å². The average molecular weight is 258 g/mol. The van der Waals surface area contributed by atoms with Crippen molar-refractivity contribution >= 4 is 17.4 Å². The van der Waals surface area contributed by atoms with E-state index in [1.54, 1.807) is 4.68 Å². The Hall–Kier alpha value is -0.870. The molecule has 2 N–H and O–H groups in total. The Morgan fingerprint density at radius 3 is 2.65 bits per heavy atom. The largest absolute Gasteiger partial charge is 0.330 e. The Bertz CT molecular complexity index is 397. The third kappa shape index (κ3) is 3.07. The Balaban J connectivity index is 2.91. The predicted molar refractivity (Wildman–Crippen MR) is 69.2 cm³/mol. The fraction of sp³-hybridized carbons (Fsp3) is 0.667. The van der Waals surface area contributed by atoms with Crippen LogP contribution in [-0.4, -0.2) is 22.1 Å². The first-order valence-corrected chi connectivity index (χ1v) is 6.37. The highest BCUT2D eigenvalue weighted by molar-refractivity contribution is 6.32. The lowest BCUT2D eigenvalue weighted by atomic mass is 9.97. The number of hydrogen-bond donors (Lipinski definition) is 1. The molecule has 0 radical (unpaired) electrons. The third-order valence-corrected chi connectivity index (χ3v) is 3.52. The van der Waals surface area contributed by atoms with Gasteiger partial charge in [-0.2, -0.15) is 5.10 Å². The number of carbonyl (C=O) groups is 1. The summed E-state index contributed by atoms with van der Waals surface area (Å²) < 4.78 is 1.79. The Morgan fingerprint density at radius 1 is 1.53 bits per heavy atom. The lowest BCUT2D eigenvalue weighted by Gasteiger charge is -2.11. The fourth-order valence-electron chi connectivity index (χ4n) is 1.87. The van der Waals surface area contributed by atoms with Crippen LogP contribution >= 0.6 is 11.6 Å². The van der Waals surface area contributed by atoms with Crippen molar-refractivity contribution in [1.82, 2.24) is 9.78 Å². The van der Waals surface area contributed by atoms with Gasteiger partial charge in [0, 0.05) is 19.0 Å². The molecule has 1 unspecified atom stereocenters. The van der Waals surface area contributed by atoms with Gasteiger partial charge in [-0.3, -0.25) is 9.48 Å². The summed E-state index contributed by atoms with van der Waals surface area (Å²) in [6.07, 6.45) is 1.09. The van der Waals surface area contributed by atoms with Crippen molar-refractivity contribution in [3.05, 3.63) is 16.4 Å². The monoisotopic (exact) mass is 257 g/mol. The maximum atomic E-state index is 12.0. The number of Topliss-reactive ketones (excluding diaryl/α,β-unsaturated/α-hetero) is 1. The molecule has 0 aliphatic rings. The number of ketones is 1. The second kappa shape index (κ2) is 6.17. The van der Waals surface area contributed by atoms with Gasteiger partial charge < -0.3 is 5.73 Å². The van der Waals surface area contributed by atoms with Crippen molar-refractivity contribution in [1.29, 1.82) is 0 Å². The minimum Gasteiger partial charge on any atom is -0.330 e. The first kappa shape index (κ1) is 14.2. The van der Waals surface area contributed by atoms with E-state index in [9.17, 15) is 4.79 Å². The molecule has 1 heterocycles. The molecule has 5 heteroatoms. The molecule has 0 bridgehead atoms. The maximum absolute atomic E-state index is 12.0. The number of nitrogens with zero attached hydrogens (tertiary/aromatic N) is 2. The van der Waals surface area contributed by atoms with E-state index in [-0.39, 0.29) is 11.7 Å². The van der Waals surface area contributed by atoms with Crippen LogP contribution in [0.5, 0.6) is 0 Å². The summed E-state index contributed by atoms with van der Waals surface area (Å²) in [6, 6.07) is 0. The summed E-state index contributed by atoms with van der Waals surface area (Å²) in [4.78, 5) is 12.0. The molecule has 0 aromatic carbocycles. The summed E-state index contributed by atoms with van der Waals surface area (Å²) in [6.45, 7) is 6.92. The standard InChI is InChI=1S/C12H20ClN3O/c1-4-9(7-14)11(17)6-10-12(13)8(3)15-16(10)5-2/h9H,4-7,14H2,1-3H3. The van der Waals surface area contributed by atoms with Crippen LogP contribution in [0.2, 0.25) is 5.02 Å². The van der Waals surface area contributed by atoms with Crippen LogP contribution in [0.25, 0.3) is 0 Å². The molecule has 0 saturated carbocycles. The summed E-state index contributed by atoms with van der Waals surface area (Å²) in [5.74, 6) is 0.0677. The summed E-state index contributed by atoms with van der Waals surface area (Å²) >= 11 is 6.16. The Morgan fingerprint density at radius 2 is 2.18 bits per heavy atom. The first-order valence-electron chi connectivity index (χ1n) is 5.99. The van der Waals surface area contributed by atoms with Gasteiger partial charge in [0.15, 0.2) is 0 Å². The average Bonchev–Trinajstić information content (AvgIpc) is 2.58. The van der Waals surface area contributed by atoms with Crippen molar-refractivity contribution in [2.75, 3.05) is 6.54 Å². The third-order valence-electron chi connectivity index (χ3n) is 3.03. The van der Waals surface area contributed by atoms with E-state index in [2.05, 4.69) is 5.10 Å². The van der Waals surface area contributed by atoms with Crippen LogP contribution in [-0.2, 0) is 17.8 Å². The molecule has 1 aromatic rings. The molecule has 0 fully saturated rings. The predicted octanol–water partition coefficient (Wildman–Crippen LogP) is 1.96. The van der Waals surface area contributed by atoms with Crippen LogP contribution in [0.15, 0.2) is 0 Å². The highest BCUT2D eigenvalue weighted by Crippen LogP contribution is 2.22. The fourth-order valence-corrected chi connectivity index (χ4v) is 2.08. The molecule has 0 amide bonds. The quantitative estimate of drug-likeness (QED) is 0.848. The lowest BCUT2D eigenvalue weighted by molar-refractivity contribution is -0.122. The van der Waals surface area contributed by atoms with Crippen LogP contribution in [0, 0.1) is 12.8 Å². The number of nitrogens with two attached hydrogens (primary N) is 1. The minimum atomic E-state index is -0.0772. The molecule has 96 valence electrons. The normalized spacial score (nSPS) is 12.8. The molecule has 17 heavy (non-hydrogen) atoms.